The third kappa shape index (κ3) is 3.20. The summed E-state index contributed by atoms with van der Waals surface area (Å²) in [6, 6.07) is 7.73. The Morgan fingerprint density at radius 2 is 1.82 bits per heavy atom. The van der Waals surface area contributed by atoms with Crippen LogP contribution >= 0.6 is 0 Å². The van der Waals surface area contributed by atoms with E-state index in [1.807, 2.05) is 44.3 Å². The lowest BCUT2D eigenvalue weighted by atomic mass is 10.1. The molecule has 0 amide bonds. The van der Waals surface area contributed by atoms with Gasteiger partial charge in [-0.25, -0.2) is 4.98 Å². The van der Waals surface area contributed by atoms with E-state index in [-0.39, 0.29) is 0 Å². The third-order valence-electron chi connectivity index (χ3n) is 3.15. The maximum Gasteiger partial charge on any atom is 0.222 e. The molecule has 0 atom stereocenters. The molecule has 3 aromatic heterocycles. The van der Waals surface area contributed by atoms with Crippen molar-refractivity contribution in [2.45, 2.75) is 19.4 Å². The Morgan fingerprint density at radius 3 is 2.55 bits per heavy atom. The van der Waals surface area contributed by atoms with Crippen LogP contribution in [-0.2, 0) is 0 Å². The lowest BCUT2D eigenvalue weighted by Gasteiger charge is -2.19. The summed E-state index contributed by atoms with van der Waals surface area (Å²) in [5, 5.41) is 1.91. The van der Waals surface area contributed by atoms with E-state index in [0.29, 0.717) is 12.5 Å². The molecule has 0 bridgehead atoms. The summed E-state index contributed by atoms with van der Waals surface area (Å²) in [6.45, 7) is 4.23. The molecule has 5 nitrogen and oxygen atoms in total. The molecule has 112 valence electrons. The Balaban J connectivity index is 2.08. The second-order valence-electron chi connectivity index (χ2n) is 5.92. The Hall–Kier alpha value is -2.53. The number of hydrogen-bond donors (Lipinski definition) is 1. The third-order valence-corrected chi connectivity index (χ3v) is 3.15. The highest BCUT2D eigenvalue weighted by Gasteiger charge is 2.15. The van der Waals surface area contributed by atoms with Crippen molar-refractivity contribution >= 4 is 10.8 Å². The van der Waals surface area contributed by atoms with Gasteiger partial charge in [0.05, 0.1) is 5.69 Å². The summed E-state index contributed by atoms with van der Waals surface area (Å²) < 4.78 is 5.87. The first kappa shape index (κ1) is 14.4. The largest absolute Gasteiger partial charge is 0.475 e. The second kappa shape index (κ2) is 5.69. The summed E-state index contributed by atoms with van der Waals surface area (Å²) in [5.41, 5.74) is 7.39. The van der Waals surface area contributed by atoms with Crippen LogP contribution in [0.25, 0.3) is 22.0 Å². The summed E-state index contributed by atoms with van der Waals surface area (Å²) in [7, 11) is 0. The number of fused-ring (bicyclic) bond motifs is 1. The van der Waals surface area contributed by atoms with Gasteiger partial charge in [0.1, 0.15) is 6.61 Å². The van der Waals surface area contributed by atoms with Crippen molar-refractivity contribution in [3.05, 3.63) is 49.1 Å². The number of aromatic nitrogens is 3. The summed E-state index contributed by atoms with van der Waals surface area (Å²) >= 11 is 0. The molecule has 0 saturated carbocycles. The van der Waals surface area contributed by atoms with Crippen molar-refractivity contribution in [3.63, 3.8) is 0 Å². The van der Waals surface area contributed by atoms with E-state index >= 15 is 0 Å². The van der Waals surface area contributed by atoms with E-state index in [4.69, 9.17) is 10.5 Å². The van der Waals surface area contributed by atoms with Gasteiger partial charge in [-0.2, -0.15) is 0 Å². The van der Waals surface area contributed by atoms with Gasteiger partial charge in [0.15, 0.2) is 0 Å². The van der Waals surface area contributed by atoms with Crippen molar-refractivity contribution in [1.82, 2.24) is 15.0 Å². The zero-order valence-electron chi connectivity index (χ0n) is 12.7. The van der Waals surface area contributed by atoms with Crippen LogP contribution in [-0.4, -0.2) is 27.1 Å². The molecule has 0 fully saturated rings. The quantitative estimate of drug-likeness (QED) is 0.801. The molecule has 0 spiro atoms. The molecule has 2 N–H and O–H groups in total. The predicted octanol–water partition coefficient (Wildman–Crippen LogP) is 2.81. The van der Waals surface area contributed by atoms with Gasteiger partial charge in [-0.3, -0.25) is 9.97 Å². The van der Waals surface area contributed by atoms with Gasteiger partial charge in [-0.15, -0.1) is 0 Å². The van der Waals surface area contributed by atoms with Crippen molar-refractivity contribution in [3.8, 4) is 17.1 Å². The lowest BCUT2D eigenvalue weighted by molar-refractivity contribution is 0.238. The van der Waals surface area contributed by atoms with Crippen LogP contribution in [0.1, 0.15) is 13.8 Å². The number of pyridine rings is 3. The van der Waals surface area contributed by atoms with Gasteiger partial charge < -0.3 is 10.5 Å². The summed E-state index contributed by atoms with van der Waals surface area (Å²) in [5.74, 6) is 0.574. The minimum atomic E-state index is -0.423. The van der Waals surface area contributed by atoms with Gasteiger partial charge in [0.2, 0.25) is 5.88 Å². The first-order valence-electron chi connectivity index (χ1n) is 7.10. The fourth-order valence-corrected chi connectivity index (χ4v) is 2.10. The maximum atomic E-state index is 6.00. The van der Waals surface area contributed by atoms with Crippen LogP contribution in [0.15, 0.2) is 49.1 Å². The fourth-order valence-electron chi connectivity index (χ4n) is 2.10. The highest BCUT2D eigenvalue weighted by molar-refractivity contribution is 5.89. The molecule has 3 aromatic rings. The van der Waals surface area contributed by atoms with E-state index < -0.39 is 5.54 Å². The molecule has 0 aromatic carbocycles. The van der Waals surface area contributed by atoms with Crippen molar-refractivity contribution in [2.75, 3.05) is 6.61 Å². The molecular weight excluding hydrogens is 276 g/mol. The number of nitrogens with zero attached hydrogens (tertiary/aromatic N) is 3. The molecule has 0 aliphatic rings. The average Bonchev–Trinajstić information content (AvgIpc) is 2.52. The monoisotopic (exact) mass is 294 g/mol. The van der Waals surface area contributed by atoms with Crippen LogP contribution in [0.2, 0.25) is 0 Å². The SMILES string of the molecule is CC(C)(N)COc1nc(-c2ccncc2)cc2cnccc12. The van der Waals surface area contributed by atoms with Crippen LogP contribution in [0.5, 0.6) is 5.88 Å². The average molecular weight is 294 g/mol. The second-order valence-corrected chi connectivity index (χ2v) is 5.92. The fraction of sp³-hybridized carbons (Fsp3) is 0.235. The van der Waals surface area contributed by atoms with Gasteiger partial charge in [0, 0.05) is 46.7 Å². The Labute approximate surface area is 129 Å². The molecule has 3 rings (SSSR count). The van der Waals surface area contributed by atoms with Gasteiger partial charge in [-0.05, 0) is 38.1 Å². The topological polar surface area (TPSA) is 73.9 Å². The molecule has 3 heterocycles. The minimum Gasteiger partial charge on any atom is -0.475 e. The van der Waals surface area contributed by atoms with E-state index in [1.165, 1.54) is 0 Å². The first-order valence-corrected chi connectivity index (χ1v) is 7.10. The Kier molecular flexibility index (Phi) is 3.73. The number of ether oxygens (including phenoxy) is 1. The summed E-state index contributed by atoms with van der Waals surface area (Å²) in [6.07, 6.45) is 7.03. The highest BCUT2D eigenvalue weighted by atomic mass is 16.5. The molecule has 0 radical (unpaired) electrons. The van der Waals surface area contributed by atoms with Crippen LogP contribution in [0.4, 0.5) is 0 Å². The Bertz CT molecular complexity index is 782. The number of nitrogens with two attached hydrogens (primary N) is 1. The Morgan fingerprint density at radius 1 is 1.09 bits per heavy atom. The van der Waals surface area contributed by atoms with Gasteiger partial charge in [-0.1, -0.05) is 0 Å². The number of rotatable bonds is 4. The lowest BCUT2D eigenvalue weighted by Crippen LogP contribution is -2.38. The van der Waals surface area contributed by atoms with Crippen LogP contribution in [0, 0.1) is 0 Å². The van der Waals surface area contributed by atoms with Crippen molar-refractivity contribution in [1.29, 1.82) is 0 Å². The zero-order chi connectivity index (χ0) is 15.6. The molecule has 0 aliphatic carbocycles. The molecule has 0 aliphatic heterocycles. The van der Waals surface area contributed by atoms with Crippen molar-refractivity contribution < 1.29 is 4.74 Å². The maximum absolute atomic E-state index is 6.00. The summed E-state index contributed by atoms with van der Waals surface area (Å²) in [4.78, 5) is 12.9. The van der Waals surface area contributed by atoms with E-state index in [2.05, 4.69) is 15.0 Å². The zero-order valence-corrected chi connectivity index (χ0v) is 12.7. The van der Waals surface area contributed by atoms with E-state index in [0.717, 1.165) is 22.0 Å². The highest BCUT2D eigenvalue weighted by Crippen LogP contribution is 2.28. The molecule has 0 unspecified atom stereocenters. The normalized spacial score (nSPS) is 11.6. The van der Waals surface area contributed by atoms with Crippen LogP contribution in [0.3, 0.4) is 0 Å². The molecule has 22 heavy (non-hydrogen) atoms. The van der Waals surface area contributed by atoms with Gasteiger partial charge >= 0.3 is 0 Å². The smallest absolute Gasteiger partial charge is 0.222 e. The molecule has 5 heteroatoms. The molecular formula is C17H18N4O. The van der Waals surface area contributed by atoms with Gasteiger partial charge in [0.25, 0.3) is 0 Å². The van der Waals surface area contributed by atoms with E-state index in [1.54, 1.807) is 18.6 Å². The molecule has 0 saturated heterocycles. The first-order chi connectivity index (χ1) is 10.5. The van der Waals surface area contributed by atoms with E-state index in [9.17, 15) is 0 Å². The standard InChI is InChI=1S/C17H18N4O/c1-17(2,18)11-22-16-14-5-8-20-10-13(14)9-15(21-16)12-3-6-19-7-4-12/h3-10H,11,18H2,1-2H3. The number of hydrogen-bond acceptors (Lipinski definition) is 5. The van der Waals surface area contributed by atoms with Crippen molar-refractivity contribution in [2.24, 2.45) is 5.73 Å². The predicted molar refractivity (Wildman–Crippen MR) is 86.5 cm³/mol. The minimum absolute atomic E-state index is 0.386. The van der Waals surface area contributed by atoms with Crippen LogP contribution < -0.4 is 10.5 Å².